The molecule has 1 aromatic carbocycles. The summed E-state index contributed by atoms with van der Waals surface area (Å²) in [6.45, 7) is 1.51. The molecule has 0 radical (unpaired) electrons. The van der Waals surface area contributed by atoms with E-state index in [1.54, 1.807) is 6.07 Å². The second-order valence-corrected chi connectivity index (χ2v) is 6.53. The maximum Gasteiger partial charge on any atom is 0.145 e. The molecule has 0 aliphatic heterocycles. The predicted molar refractivity (Wildman–Crippen MR) is 74.3 cm³/mol. The van der Waals surface area contributed by atoms with Gasteiger partial charge in [-0.05, 0) is 30.2 Å². The highest BCUT2D eigenvalue weighted by Gasteiger charge is 2.20. The summed E-state index contributed by atoms with van der Waals surface area (Å²) < 4.78 is 14.0. The van der Waals surface area contributed by atoms with Crippen LogP contribution in [0, 0.1) is 0 Å². The van der Waals surface area contributed by atoms with Crippen LogP contribution in [-0.2, 0) is 5.41 Å². The van der Waals surface area contributed by atoms with Crippen molar-refractivity contribution in [2.45, 2.75) is 16.2 Å². The van der Waals surface area contributed by atoms with Crippen LogP contribution in [0.25, 0.3) is 0 Å². The van der Waals surface area contributed by atoms with Gasteiger partial charge in [0.2, 0.25) is 0 Å². The molecular formula is C9H13BFINP. The van der Waals surface area contributed by atoms with Crippen molar-refractivity contribution < 1.29 is 4.39 Å². The number of benzene rings is 1. The summed E-state index contributed by atoms with van der Waals surface area (Å²) in [6.07, 6.45) is 0. The second kappa shape index (κ2) is 4.36. The highest BCUT2D eigenvalue weighted by atomic mass is 127. The van der Waals surface area contributed by atoms with Crippen molar-refractivity contribution in [2.75, 3.05) is 5.73 Å². The van der Waals surface area contributed by atoms with E-state index < -0.39 is 5.41 Å². The summed E-state index contributed by atoms with van der Waals surface area (Å²) in [5, 5.41) is -1.41. The Labute approximate surface area is 101 Å². The maximum atomic E-state index is 13.6. The predicted octanol–water partition coefficient (Wildman–Crippen LogP) is 2.35. The minimum atomic E-state index is -1.41. The lowest BCUT2D eigenvalue weighted by atomic mass is 9.94. The van der Waals surface area contributed by atoms with Gasteiger partial charge in [-0.25, -0.2) is 4.39 Å². The van der Waals surface area contributed by atoms with E-state index in [2.05, 4.69) is 39.7 Å². The van der Waals surface area contributed by atoms with Crippen LogP contribution in [0.3, 0.4) is 0 Å². The summed E-state index contributed by atoms with van der Waals surface area (Å²) in [4.78, 5) is 0. The highest BCUT2D eigenvalue weighted by molar-refractivity contribution is 14.1. The Morgan fingerprint density at radius 1 is 1.57 bits per heavy atom. The number of hydrogen-bond donors (Lipinski definition) is 1. The third-order valence-corrected chi connectivity index (χ3v) is 3.05. The van der Waals surface area contributed by atoms with Gasteiger partial charge in [0.25, 0.3) is 0 Å². The van der Waals surface area contributed by atoms with Gasteiger partial charge < -0.3 is 5.73 Å². The van der Waals surface area contributed by atoms with Gasteiger partial charge in [-0.2, -0.15) is 0 Å². The summed E-state index contributed by atoms with van der Waals surface area (Å²) in [6, 6.07) is 5.42. The van der Waals surface area contributed by atoms with E-state index in [-0.39, 0.29) is 0 Å². The van der Waals surface area contributed by atoms with E-state index in [0.29, 0.717) is 15.1 Å². The summed E-state index contributed by atoms with van der Waals surface area (Å²) >= 11 is 2.29. The van der Waals surface area contributed by atoms with Crippen LogP contribution in [0.5, 0.6) is 0 Å². The van der Waals surface area contributed by atoms with Gasteiger partial charge in [0, 0.05) is 9.51 Å². The SMILES string of the molecule is BC(I)c1cc(N)cc(C(C)(F)P)c1. The fourth-order valence-corrected chi connectivity index (χ4v) is 1.71. The summed E-state index contributed by atoms with van der Waals surface area (Å²) in [5.41, 5.74) is 8.01. The van der Waals surface area contributed by atoms with Crippen molar-refractivity contribution in [1.82, 2.24) is 0 Å². The average Bonchev–Trinajstić information content (AvgIpc) is 2.01. The van der Waals surface area contributed by atoms with Gasteiger partial charge in [0.05, 0.1) is 0 Å². The van der Waals surface area contributed by atoms with Gasteiger partial charge >= 0.3 is 0 Å². The molecular weight excluding hydrogens is 310 g/mol. The summed E-state index contributed by atoms with van der Waals surface area (Å²) in [5.74, 6) is 0. The second-order valence-electron chi connectivity index (χ2n) is 3.58. The van der Waals surface area contributed by atoms with E-state index in [9.17, 15) is 4.39 Å². The van der Waals surface area contributed by atoms with Crippen LogP contribution in [0.2, 0.25) is 0 Å². The van der Waals surface area contributed by atoms with Crippen molar-refractivity contribution in [3.05, 3.63) is 29.3 Å². The lowest BCUT2D eigenvalue weighted by Crippen LogP contribution is -2.06. The van der Waals surface area contributed by atoms with Crippen molar-refractivity contribution in [3.8, 4) is 0 Å². The Bertz CT molecular complexity index is 338. The Kier molecular flexibility index (Phi) is 3.81. The van der Waals surface area contributed by atoms with Gasteiger partial charge in [-0.15, -0.1) is 0 Å². The Hall–Kier alpha value is 0.175. The Balaban J connectivity index is 3.21. The van der Waals surface area contributed by atoms with Gasteiger partial charge in [-0.1, -0.05) is 37.9 Å². The fourth-order valence-electron chi connectivity index (χ4n) is 1.19. The van der Waals surface area contributed by atoms with Crippen LogP contribution in [0.1, 0.15) is 21.9 Å². The lowest BCUT2D eigenvalue weighted by molar-refractivity contribution is 0.324. The molecule has 0 amide bonds. The molecule has 0 bridgehead atoms. The first-order valence-electron chi connectivity index (χ1n) is 4.33. The molecule has 0 aliphatic rings. The van der Waals surface area contributed by atoms with E-state index in [1.165, 1.54) is 6.92 Å². The van der Waals surface area contributed by atoms with Crippen LogP contribution in [-0.4, -0.2) is 7.85 Å². The average molecular weight is 323 g/mol. The number of halogens is 2. The minimum Gasteiger partial charge on any atom is -0.399 e. The number of rotatable bonds is 2. The zero-order valence-electron chi connectivity index (χ0n) is 8.22. The number of nitrogens with two attached hydrogens (primary N) is 1. The minimum absolute atomic E-state index is 0.335. The summed E-state index contributed by atoms with van der Waals surface area (Å²) in [7, 11) is 4.24. The zero-order valence-corrected chi connectivity index (χ0v) is 11.5. The van der Waals surface area contributed by atoms with E-state index >= 15 is 0 Å². The quantitative estimate of drug-likeness (QED) is 0.292. The standard InChI is InChI=1S/C9H13BFINP/c1-9(11,14)6-2-5(8(10)12)3-7(13)4-6/h2-4,8H,10,13-14H2,1H3. The van der Waals surface area contributed by atoms with E-state index in [4.69, 9.17) is 5.73 Å². The number of nitrogen functional groups attached to an aromatic ring is 1. The monoisotopic (exact) mass is 323 g/mol. The largest absolute Gasteiger partial charge is 0.399 e. The van der Waals surface area contributed by atoms with Crippen LogP contribution in [0.15, 0.2) is 18.2 Å². The maximum absolute atomic E-state index is 13.6. The first-order valence-corrected chi connectivity index (χ1v) is 6.16. The molecule has 1 aromatic rings. The van der Waals surface area contributed by atoms with Crippen molar-refractivity contribution in [1.29, 1.82) is 0 Å². The molecule has 0 saturated heterocycles. The molecule has 3 atom stereocenters. The first-order chi connectivity index (χ1) is 6.30. The number of hydrogen-bond acceptors (Lipinski definition) is 1. The third-order valence-electron chi connectivity index (χ3n) is 2.00. The molecule has 0 aromatic heterocycles. The number of anilines is 1. The first kappa shape index (κ1) is 12.2. The van der Waals surface area contributed by atoms with Gasteiger partial charge in [0.15, 0.2) is 0 Å². The Morgan fingerprint density at radius 2 is 2.14 bits per heavy atom. The normalized spacial score (nSPS) is 17.4. The molecule has 0 fully saturated rings. The third kappa shape index (κ3) is 3.09. The number of alkyl halides is 2. The zero-order chi connectivity index (χ0) is 10.9. The molecule has 0 saturated carbocycles. The molecule has 5 heteroatoms. The Morgan fingerprint density at radius 3 is 2.57 bits per heavy atom. The topological polar surface area (TPSA) is 26.0 Å². The molecule has 3 unspecified atom stereocenters. The van der Waals surface area contributed by atoms with Crippen LogP contribution < -0.4 is 5.73 Å². The smallest absolute Gasteiger partial charge is 0.145 e. The van der Waals surface area contributed by atoms with Gasteiger partial charge in [0.1, 0.15) is 13.3 Å². The molecule has 1 nitrogen and oxygen atoms in total. The van der Waals surface area contributed by atoms with Crippen LogP contribution in [0.4, 0.5) is 10.1 Å². The fraction of sp³-hybridized carbons (Fsp3) is 0.333. The van der Waals surface area contributed by atoms with Crippen LogP contribution >= 0.6 is 31.8 Å². The molecule has 14 heavy (non-hydrogen) atoms. The molecule has 0 spiro atoms. The van der Waals surface area contributed by atoms with Crippen molar-refractivity contribution in [2.24, 2.45) is 0 Å². The molecule has 76 valence electrons. The highest BCUT2D eigenvalue weighted by Crippen LogP contribution is 2.35. The lowest BCUT2D eigenvalue weighted by Gasteiger charge is -2.17. The van der Waals surface area contributed by atoms with E-state index in [0.717, 1.165) is 5.56 Å². The molecule has 0 aliphatic carbocycles. The van der Waals surface area contributed by atoms with E-state index in [1.807, 2.05) is 12.1 Å². The molecule has 0 heterocycles. The molecule has 2 N–H and O–H groups in total. The molecule has 1 rings (SSSR count). The van der Waals surface area contributed by atoms with Crippen molar-refractivity contribution in [3.63, 3.8) is 0 Å². The van der Waals surface area contributed by atoms with Gasteiger partial charge in [-0.3, -0.25) is 0 Å². The van der Waals surface area contributed by atoms with Crippen molar-refractivity contribution >= 4 is 45.4 Å².